The van der Waals surface area contributed by atoms with Gasteiger partial charge in [0.05, 0.1) is 0 Å². The molecule has 0 N–H and O–H groups in total. The van der Waals surface area contributed by atoms with Gasteiger partial charge < -0.3 is 0 Å². The summed E-state index contributed by atoms with van der Waals surface area (Å²) in [6.07, 6.45) is -2.80. The van der Waals surface area contributed by atoms with Crippen LogP contribution in [-0.4, -0.2) is 12.1 Å². The monoisotopic (exact) mass is 138 g/mol. The van der Waals surface area contributed by atoms with Crippen LogP contribution in [0.5, 0.6) is 0 Å². The minimum absolute atomic E-state index is 0.461. The molecule has 1 aliphatic carbocycles. The molecule has 0 spiro atoms. The summed E-state index contributed by atoms with van der Waals surface area (Å²) in [4.78, 5) is 0. The lowest BCUT2D eigenvalue weighted by molar-refractivity contribution is 0.0176. The van der Waals surface area contributed by atoms with E-state index < -0.39 is 23.9 Å². The summed E-state index contributed by atoms with van der Waals surface area (Å²) in [7, 11) is 0. The summed E-state index contributed by atoms with van der Waals surface area (Å²) < 4.78 is 36.1. The molecule has 1 saturated carbocycles. The zero-order chi connectivity index (χ0) is 7.23. The first kappa shape index (κ1) is 6.90. The average Bonchev–Trinajstić information content (AvgIpc) is 2.22. The Morgan fingerprint density at radius 2 is 1.56 bits per heavy atom. The van der Waals surface area contributed by atoms with E-state index in [1.807, 2.05) is 0 Å². The van der Waals surface area contributed by atoms with E-state index >= 15 is 0 Å². The molecule has 1 unspecified atom stereocenters. The molecule has 0 aromatic rings. The third-order valence-corrected chi connectivity index (χ3v) is 2.37. The van der Waals surface area contributed by atoms with E-state index in [0.717, 1.165) is 0 Å². The fraction of sp³-hybridized carbons (Fsp3) is 1.00. The van der Waals surface area contributed by atoms with Crippen molar-refractivity contribution in [3.8, 4) is 0 Å². The zero-order valence-electron chi connectivity index (χ0n) is 5.37. The molecule has 1 rings (SSSR count). The lowest BCUT2D eigenvalue weighted by atomic mass is 10.3. The predicted molar refractivity (Wildman–Crippen MR) is 28.2 cm³/mol. The van der Waals surface area contributed by atoms with Gasteiger partial charge in [0.2, 0.25) is 0 Å². The van der Waals surface area contributed by atoms with Crippen LogP contribution in [0.1, 0.15) is 13.8 Å². The minimum atomic E-state index is -2.80. The van der Waals surface area contributed by atoms with Crippen molar-refractivity contribution >= 4 is 0 Å². The van der Waals surface area contributed by atoms with E-state index in [1.165, 1.54) is 13.8 Å². The summed E-state index contributed by atoms with van der Waals surface area (Å²) >= 11 is 0. The van der Waals surface area contributed by atoms with E-state index in [0.29, 0.717) is 0 Å². The normalized spacial score (nSPS) is 50.0. The van der Waals surface area contributed by atoms with Gasteiger partial charge in [0.25, 0.3) is 6.43 Å². The van der Waals surface area contributed by atoms with Crippen LogP contribution < -0.4 is 0 Å². The van der Waals surface area contributed by atoms with E-state index in [9.17, 15) is 13.2 Å². The van der Waals surface area contributed by atoms with Crippen LogP contribution in [0.2, 0.25) is 0 Å². The van der Waals surface area contributed by atoms with Gasteiger partial charge in [-0.1, -0.05) is 13.8 Å². The van der Waals surface area contributed by atoms with Gasteiger partial charge in [-0.3, -0.25) is 0 Å². The predicted octanol–water partition coefficient (Wildman–Crippen LogP) is 2.25. The Hall–Kier alpha value is -0.210. The SMILES string of the molecule is C[C@@H]1[C@H](C)C1(F)C(F)F. The minimum Gasteiger partial charge on any atom is -0.237 e. The van der Waals surface area contributed by atoms with Gasteiger partial charge in [0.15, 0.2) is 5.67 Å². The fourth-order valence-corrected chi connectivity index (χ4v) is 1.15. The van der Waals surface area contributed by atoms with Crippen LogP contribution in [0.25, 0.3) is 0 Å². The highest BCUT2D eigenvalue weighted by Crippen LogP contribution is 2.56. The van der Waals surface area contributed by atoms with Crippen molar-refractivity contribution < 1.29 is 13.2 Å². The molecule has 0 aromatic heterocycles. The lowest BCUT2D eigenvalue weighted by Crippen LogP contribution is -2.16. The molecule has 0 aromatic carbocycles. The molecule has 1 fully saturated rings. The lowest BCUT2D eigenvalue weighted by Gasteiger charge is -2.02. The van der Waals surface area contributed by atoms with Crippen molar-refractivity contribution in [2.24, 2.45) is 11.8 Å². The third kappa shape index (κ3) is 0.667. The number of hydrogen-bond donors (Lipinski definition) is 0. The van der Waals surface area contributed by atoms with Gasteiger partial charge in [-0.15, -0.1) is 0 Å². The van der Waals surface area contributed by atoms with Crippen molar-refractivity contribution in [3.05, 3.63) is 0 Å². The van der Waals surface area contributed by atoms with Crippen molar-refractivity contribution in [1.82, 2.24) is 0 Å². The zero-order valence-corrected chi connectivity index (χ0v) is 5.37. The molecule has 0 amide bonds. The molecule has 0 heterocycles. The first-order chi connectivity index (χ1) is 4.01. The van der Waals surface area contributed by atoms with Crippen LogP contribution in [-0.2, 0) is 0 Å². The third-order valence-electron chi connectivity index (χ3n) is 2.37. The molecule has 0 aliphatic heterocycles. The van der Waals surface area contributed by atoms with E-state index in [-0.39, 0.29) is 0 Å². The molecule has 0 radical (unpaired) electrons. The molecular formula is C6H9F3. The molecule has 3 heteroatoms. The van der Waals surface area contributed by atoms with Crippen LogP contribution in [0.4, 0.5) is 13.2 Å². The quantitative estimate of drug-likeness (QED) is 0.521. The van der Waals surface area contributed by atoms with E-state index in [1.54, 1.807) is 0 Å². The summed E-state index contributed by atoms with van der Waals surface area (Å²) in [6, 6.07) is 0. The van der Waals surface area contributed by atoms with Gasteiger partial charge in [-0.05, 0) is 0 Å². The smallest absolute Gasteiger partial charge is 0.237 e. The Morgan fingerprint density at radius 3 is 1.56 bits per heavy atom. The van der Waals surface area contributed by atoms with Crippen molar-refractivity contribution in [2.75, 3.05) is 0 Å². The Balaban J connectivity index is 2.60. The molecule has 0 nitrogen and oxygen atoms in total. The van der Waals surface area contributed by atoms with Crippen LogP contribution >= 0.6 is 0 Å². The van der Waals surface area contributed by atoms with Gasteiger partial charge in [0.1, 0.15) is 0 Å². The second kappa shape index (κ2) is 1.64. The highest BCUT2D eigenvalue weighted by atomic mass is 19.3. The molecule has 3 atom stereocenters. The Bertz CT molecular complexity index is 104. The van der Waals surface area contributed by atoms with Crippen LogP contribution in [0.15, 0.2) is 0 Å². The maximum Gasteiger partial charge on any atom is 0.272 e. The molecule has 1 aliphatic rings. The summed E-state index contributed by atoms with van der Waals surface area (Å²) in [5, 5.41) is 0. The standard InChI is InChI=1S/C6H9F3/c1-3-4(2)6(3,9)5(7)8/h3-5H,1-2H3/t3-,4+,6?. The van der Waals surface area contributed by atoms with Crippen LogP contribution in [0.3, 0.4) is 0 Å². The Labute approximate surface area is 52.1 Å². The van der Waals surface area contributed by atoms with Crippen LogP contribution in [0, 0.1) is 11.8 Å². The van der Waals surface area contributed by atoms with Gasteiger partial charge >= 0.3 is 0 Å². The van der Waals surface area contributed by atoms with Crippen molar-refractivity contribution in [1.29, 1.82) is 0 Å². The summed E-state index contributed by atoms with van der Waals surface area (Å²) in [6.45, 7) is 3.02. The summed E-state index contributed by atoms with van der Waals surface area (Å²) in [5.74, 6) is -0.921. The molecule has 54 valence electrons. The maximum atomic E-state index is 12.7. The van der Waals surface area contributed by atoms with Gasteiger partial charge in [-0.2, -0.15) is 0 Å². The average molecular weight is 138 g/mol. The fourth-order valence-electron chi connectivity index (χ4n) is 1.15. The Kier molecular flexibility index (Phi) is 1.26. The maximum absolute atomic E-state index is 12.7. The largest absolute Gasteiger partial charge is 0.272 e. The van der Waals surface area contributed by atoms with Crippen molar-refractivity contribution in [3.63, 3.8) is 0 Å². The highest BCUT2D eigenvalue weighted by molar-refractivity contribution is 5.09. The van der Waals surface area contributed by atoms with Gasteiger partial charge in [-0.25, -0.2) is 13.2 Å². The second-order valence-corrected chi connectivity index (χ2v) is 2.71. The van der Waals surface area contributed by atoms with Gasteiger partial charge in [0, 0.05) is 11.8 Å². The molecule has 9 heavy (non-hydrogen) atoms. The topological polar surface area (TPSA) is 0 Å². The molecule has 0 bridgehead atoms. The van der Waals surface area contributed by atoms with E-state index in [2.05, 4.69) is 0 Å². The number of alkyl halides is 3. The number of hydrogen-bond acceptors (Lipinski definition) is 0. The Morgan fingerprint density at radius 1 is 1.22 bits per heavy atom. The number of halogens is 3. The van der Waals surface area contributed by atoms with E-state index in [4.69, 9.17) is 0 Å². The summed E-state index contributed by atoms with van der Waals surface area (Å²) in [5.41, 5.74) is -2.17. The highest BCUT2D eigenvalue weighted by Gasteiger charge is 2.66. The first-order valence-electron chi connectivity index (χ1n) is 2.98. The second-order valence-electron chi connectivity index (χ2n) is 2.71. The molecular weight excluding hydrogens is 129 g/mol. The molecule has 0 saturated heterocycles. The first-order valence-corrected chi connectivity index (χ1v) is 2.98. The van der Waals surface area contributed by atoms with Crippen molar-refractivity contribution in [2.45, 2.75) is 25.9 Å². The number of rotatable bonds is 1.